The lowest BCUT2D eigenvalue weighted by Gasteiger charge is -2.11. The van der Waals surface area contributed by atoms with Gasteiger partial charge in [0.2, 0.25) is 0 Å². The van der Waals surface area contributed by atoms with E-state index in [-0.39, 0.29) is 0 Å². The Kier molecular flexibility index (Phi) is 23.4. The predicted molar refractivity (Wildman–Crippen MR) is 253 cm³/mol. The highest BCUT2D eigenvalue weighted by atomic mass is 15.1. The van der Waals surface area contributed by atoms with Crippen LogP contribution in [0.3, 0.4) is 0 Å². The highest BCUT2D eigenvalue weighted by Gasteiger charge is 1.96. The Morgan fingerprint density at radius 1 is 0.258 bits per heavy atom. The molecule has 0 aromatic heterocycles. The summed E-state index contributed by atoms with van der Waals surface area (Å²) in [7, 11) is 15.8. The predicted octanol–water partition coefficient (Wildman–Crippen LogP) is 8.78. The maximum atomic E-state index is 8.50. The molecule has 0 spiro atoms. The van der Waals surface area contributed by atoms with E-state index in [0.29, 0.717) is 44.8 Å². The van der Waals surface area contributed by atoms with E-state index in [1.165, 1.54) is 0 Å². The summed E-state index contributed by atoms with van der Waals surface area (Å²) in [6.07, 6.45) is 0. The fourth-order valence-corrected chi connectivity index (χ4v) is 4.45. The van der Waals surface area contributed by atoms with Crippen molar-refractivity contribution in [2.45, 2.75) is 0 Å². The summed E-state index contributed by atoms with van der Waals surface area (Å²) in [6, 6.07) is 55.8. The summed E-state index contributed by atoms with van der Waals surface area (Å²) in [4.78, 5) is 8.00. The molecule has 312 valence electrons. The highest BCUT2D eigenvalue weighted by Crippen LogP contribution is 2.14. The van der Waals surface area contributed by atoms with E-state index in [4.69, 9.17) is 43.0 Å². The number of rotatable bonds is 4. The summed E-state index contributed by atoms with van der Waals surface area (Å²) in [5.41, 5.74) is 20.7. The molecule has 0 amide bonds. The zero-order valence-electron chi connectivity index (χ0n) is 36.5. The molecule has 0 saturated carbocycles. The fraction of sp³-hybridized carbons (Fsp3) is 0.160. The molecule has 0 atom stereocenters. The Hall–Kier alpha value is -8.94. The van der Waals surface area contributed by atoms with Crippen LogP contribution in [0, 0.1) is 68.0 Å². The van der Waals surface area contributed by atoms with Crippen molar-refractivity contribution in [3.8, 4) is 36.4 Å². The van der Waals surface area contributed by atoms with Crippen molar-refractivity contribution in [1.29, 1.82) is 31.6 Å². The van der Waals surface area contributed by atoms with Crippen LogP contribution in [0.4, 0.5) is 34.1 Å². The third kappa shape index (κ3) is 20.5. The summed E-state index contributed by atoms with van der Waals surface area (Å²) in [5.74, 6) is 0. The Morgan fingerprint density at radius 3 is 0.500 bits per heavy atom. The van der Waals surface area contributed by atoms with Crippen molar-refractivity contribution in [2.75, 3.05) is 87.4 Å². The lowest BCUT2D eigenvalue weighted by atomic mass is 10.2. The third-order valence-electron chi connectivity index (χ3n) is 8.13. The second kappa shape index (κ2) is 28.5. The summed E-state index contributed by atoms with van der Waals surface area (Å²) in [5, 5.41) is 50.7. The van der Waals surface area contributed by atoms with Gasteiger partial charge in [-0.1, -0.05) is 0 Å². The zero-order valence-corrected chi connectivity index (χ0v) is 36.5. The minimum Gasteiger partial charge on any atom is -0.399 e. The molecule has 6 aromatic carbocycles. The minimum absolute atomic E-state index is 0.643. The number of nitriles is 6. The van der Waals surface area contributed by atoms with Crippen LogP contribution in [0.15, 0.2) is 146 Å². The van der Waals surface area contributed by atoms with Crippen molar-refractivity contribution >= 4 is 34.1 Å². The van der Waals surface area contributed by atoms with Gasteiger partial charge < -0.3 is 31.1 Å². The minimum atomic E-state index is 0.643. The first-order valence-electron chi connectivity index (χ1n) is 18.8. The number of nitrogens with two attached hydrogens (primary N) is 2. The van der Waals surface area contributed by atoms with Crippen LogP contribution < -0.4 is 31.1 Å². The van der Waals surface area contributed by atoms with E-state index in [9.17, 15) is 0 Å². The monoisotopic (exact) mass is 820 g/mol. The lowest BCUT2D eigenvalue weighted by Crippen LogP contribution is -2.07. The normalized spacial score (nSPS) is 8.68. The van der Waals surface area contributed by atoms with Crippen LogP contribution in [0.25, 0.3) is 0 Å². The Balaban J connectivity index is 0.000000373. The van der Waals surface area contributed by atoms with Crippen molar-refractivity contribution in [1.82, 2.24) is 0 Å². The van der Waals surface area contributed by atoms with E-state index in [1.54, 1.807) is 48.5 Å². The molecule has 0 radical (unpaired) electrons. The molecule has 12 nitrogen and oxygen atoms in total. The van der Waals surface area contributed by atoms with Crippen LogP contribution in [0.1, 0.15) is 33.4 Å². The van der Waals surface area contributed by atoms with Gasteiger partial charge in [-0.25, -0.2) is 0 Å². The smallest absolute Gasteiger partial charge is 0.0991 e. The molecule has 6 aromatic rings. The molecular weight excluding hydrogens is 769 g/mol. The average Bonchev–Trinajstić information content (AvgIpc) is 3.30. The van der Waals surface area contributed by atoms with E-state index in [1.807, 2.05) is 185 Å². The maximum Gasteiger partial charge on any atom is 0.0991 e. The van der Waals surface area contributed by atoms with Crippen LogP contribution in [0.2, 0.25) is 0 Å². The molecule has 62 heavy (non-hydrogen) atoms. The largest absolute Gasteiger partial charge is 0.399 e. The zero-order chi connectivity index (χ0) is 46.5. The molecule has 6 rings (SSSR count). The van der Waals surface area contributed by atoms with Gasteiger partial charge in [0.15, 0.2) is 0 Å². The number of hydrogen-bond donors (Lipinski definition) is 2. The van der Waals surface area contributed by atoms with Crippen LogP contribution in [0.5, 0.6) is 0 Å². The number of nitrogen functional groups attached to an aromatic ring is 2. The number of hydrogen-bond acceptors (Lipinski definition) is 12. The van der Waals surface area contributed by atoms with E-state index in [2.05, 4.69) is 24.3 Å². The highest BCUT2D eigenvalue weighted by molar-refractivity contribution is 5.51. The van der Waals surface area contributed by atoms with Gasteiger partial charge in [-0.15, -0.1) is 0 Å². The lowest BCUT2D eigenvalue weighted by molar-refractivity contribution is 1.13. The number of benzene rings is 6. The molecule has 4 N–H and O–H groups in total. The maximum absolute atomic E-state index is 8.50. The fourth-order valence-electron chi connectivity index (χ4n) is 4.45. The molecule has 0 aliphatic rings. The van der Waals surface area contributed by atoms with Gasteiger partial charge in [0.05, 0.1) is 69.8 Å². The van der Waals surface area contributed by atoms with Gasteiger partial charge in [-0.3, -0.25) is 0 Å². The molecule has 0 heterocycles. The first-order valence-corrected chi connectivity index (χ1v) is 18.8. The molecule has 12 heteroatoms. The van der Waals surface area contributed by atoms with E-state index >= 15 is 0 Å². The summed E-state index contributed by atoms with van der Waals surface area (Å²) >= 11 is 0. The van der Waals surface area contributed by atoms with E-state index < -0.39 is 0 Å². The van der Waals surface area contributed by atoms with Crippen molar-refractivity contribution < 1.29 is 0 Å². The number of nitrogens with zero attached hydrogens (tertiary/aromatic N) is 10. The molecular formula is C50H52N12. The van der Waals surface area contributed by atoms with Gasteiger partial charge in [-0.05, 0) is 146 Å². The van der Waals surface area contributed by atoms with Crippen LogP contribution in [-0.2, 0) is 0 Å². The number of anilines is 6. The molecule has 0 unspecified atom stereocenters. The first kappa shape index (κ1) is 51.1. The molecule has 0 fully saturated rings. The van der Waals surface area contributed by atoms with Crippen LogP contribution >= 0.6 is 0 Å². The Labute approximate surface area is 367 Å². The third-order valence-corrected chi connectivity index (χ3v) is 8.13. The van der Waals surface area contributed by atoms with Crippen molar-refractivity contribution in [3.05, 3.63) is 179 Å². The second-order valence-corrected chi connectivity index (χ2v) is 13.7. The topological polar surface area (TPSA) is 208 Å². The van der Waals surface area contributed by atoms with Gasteiger partial charge in [-0.2, -0.15) is 31.6 Å². The standard InChI is InChI=1S/4C9H10N2.2C7H6N2/c4*1-11(2)9-5-3-8(7-10)4-6-9;2*8-5-6-1-3-7(9)4-2-6/h4*3-6H,1-2H3;2*1-4H,9H2. The Bertz CT molecular complexity index is 2150. The average molecular weight is 821 g/mol. The van der Waals surface area contributed by atoms with Crippen LogP contribution in [-0.4, -0.2) is 56.4 Å². The first-order chi connectivity index (χ1) is 29.6. The van der Waals surface area contributed by atoms with Gasteiger partial charge in [0, 0.05) is 90.5 Å². The molecule has 0 aliphatic carbocycles. The van der Waals surface area contributed by atoms with Crippen molar-refractivity contribution in [3.63, 3.8) is 0 Å². The summed E-state index contributed by atoms with van der Waals surface area (Å²) in [6.45, 7) is 0. The quantitative estimate of drug-likeness (QED) is 0.160. The SMILES string of the molecule is CN(C)c1ccc(C#N)cc1.CN(C)c1ccc(C#N)cc1.CN(C)c1ccc(C#N)cc1.CN(C)c1ccc(C#N)cc1.N#Cc1ccc(N)cc1.N#Cc1ccc(N)cc1. The Morgan fingerprint density at radius 2 is 0.387 bits per heavy atom. The summed E-state index contributed by atoms with van der Waals surface area (Å²) < 4.78 is 0. The second-order valence-electron chi connectivity index (χ2n) is 13.7. The van der Waals surface area contributed by atoms with Gasteiger partial charge >= 0.3 is 0 Å². The molecule has 0 saturated heterocycles. The van der Waals surface area contributed by atoms with Gasteiger partial charge in [0.1, 0.15) is 0 Å². The van der Waals surface area contributed by atoms with E-state index in [0.717, 1.165) is 22.7 Å². The molecule has 0 aliphatic heterocycles. The molecule has 0 bridgehead atoms. The van der Waals surface area contributed by atoms with Crippen molar-refractivity contribution in [2.24, 2.45) is 0 Å². The van der Waals surface area contributed by atoms with Gasteiger partial charge in [0.25, 0.3) is 0 Å².